The van der Waals surface area contributed by atoms with Crippen LogP contribution in [0.15, 0.2) is 18.2 Å². The molecule has 0 radical (unpaired) electrons. The zero-order valence-electron chi connectivity index (χ0n) is 10.4. The van der Waals surface area contributed by atoms with E-state index in [4.69, 9.17) is 11.5 Å². The molecule has 0 atom stereocenters. The lowest BCUT2D eigenvalue weighted by atomic mass is 10.2. The molecular formula is C12H20N4O. The Bertz CT molecular complexity index is 379. The van der Waals surface area contributed by atoms with E-state index in [0.29, 0.717) is 12.5 Å². The first kappa shape index (κ1) is 13.4. The molecule has 0 aliphatic carbocycles. The quantitative estimate of drug-likeness (QED) is 0.752. The number of carbonyl (C=O) groups is 1. The second kappa shape index (κ2) is 6.20. The van der Waals surface area contributed by atoms with E-state index in [2.05, 4.69) is 18.8 Å². The molecule has 0 saturated carbocycles. The third-order valence-electron chi connectivity index (χ3n) is 2.26. The first-order chi connectivity index (χ1) is 8.02. The van der Waals surface area contributed by atoms with Crippen molar-refractivity contribution >= 4 is 11.7 Å². The summed E-state index contributed by atoms with van der Waals surface area (Å²) in [7, 11) is 0. The number of rotatable bonds is 6. The molecule has 0 saturated heterocycles. The minimum absolute atomic E-state index is 0.180. The van der Waals surface area contributed by atoms with Crippen LogP contribution in [0.1, 0.15) is 19.5 Å². The van der Waals surface area contributed by atoms with E-state index in [9.17, 15) is 4.79 Å². The fraction of sp³-hybridized carbons (Fsp3) is 0.500. The van der Waals surface area contributed by atoms with Crippen molar-refractivity contribution in [3.63, 3.8) is 0 Å². The SMILES string of the molecule is CC(C)CN(CC(N)=O)c1cccc(CN)n1. The Morgan fingerprint density at radius 2 is 2.18 bits per heavy atom. The van der Waals surface area contributed by atoms with Gasteiger partial charge in [-0.3, -0.25) is 4.79 Å². The molecule has 4 N–H and O–H groups in total. The number of anilines is 1. The summed E-state index contributed by atoms with van der Waals surface area (Å²) in [5.74, 6) is 0.823. The number of hydrogen-bond donors (Lipinski definition) is 2. The second-order valence-electron chi connectivity index (χ2n) is 4.43. The molecule has 1 amide bonds. The van der Waals surface area contributed by atoms with E-state index in [0.717, 1.165) is 18.1 Å². The first-order valence-corrected chi connectivity index (χ1v) is 5.72. The van der Waals surface area contributed by atoms with Gasteiger partial charge in [0.15, 0.2) is 0 Å². The Labute approximate surface area is 102 Å². The molecule has 0 unspecified atom stereocenters. The Kier molecular flexibility index (Phi) is 4.90. The number of amides is 1. The first-order valence-electron chi connectivity index (χ1n) is 5.72. The number of nitrogens with zero attached hydrogens (tertiary/aromatic N) is 2. The van der Waals surface area contributed by atoms with Crippen LogP contribution in [0.4, 0.5) is 5.82 Å². The third-order valence-corrected chi connectivity index (χ3v) is 2.26. The van der Waals surface area contributed by atoms with Crippen LogP contribution in [0.2, 0.25) is 0 Å². The van der Waals surface area contributed by atoms with Crippen LogP contribution in [0.5, 0.6) is 0 Å². The molecule has 1 heterocycles. The summed E-state index contributed by atoms with van der Waals surface area (Å²) in [6, 6.07) is 5.62. The van der Waals surface area contributed by atoms with E-state index in [1.165, 1.54) is 0 Å². The molecule has 0 aliphatic rings. The summed E-state index contributed by atoms with van der Waals surface area (Å²) < 4.78 is 0. The molecule has 0 spiro atoms. The summed E-state index contributed by atoms with van der Waals surface area (Å²) in [6.07, 6.45) is 0. The zero-order valence-corrected chi connectivity index (χ0v) is 10.4. The maximum absolute atomic E-state index is 11.0. The molecule has 0 aliphatic heterocycles. The Hall–Kier alpha value is -1.62. The molecule has 17 heavy (non-hydrogen) atoms. The van der Waals surface area contributed by atoms with Crippen LogP contribution < -0.4 is 16.4 Å². The highest BCUT2D eigenvalue weighted by atomic mass is 16.1. The molecule has 5 heteroatoms. The van der Waals surface area contributed by atoms with Crippen LogP contribution in [0.3, 0.4) is 0 Å². The van der Waals surface area contributed by atoms with E-state index in [1.807, 2.05) is 23.1 Å². The standard InChI is InChI=1S/C12H20N4O/c1-9(2)7-16(8-11(14)17)12-5-3-4-10(6-13)15-12/h3-5,9H,6-8,13H2,1-2H3,(H2,14,17). The number of pyridine rings is 1. The van der Waals surface area contributed by atoms with E-state index in [-0.39, 0.29) is 12.5 Å². The number of aromatic nitrogens is 1. The van der Waals surface area contributed by atoms with Crippen molar-refractivity contribution in [3.8, 4) is 0 Å². The van der Waals surface area contributed by atoms with Crippen molar-refractivity contribution in [1.29, 1.82) is 0 Å². The number of carbonyl (C=O) groups excluding carboxylic acids is 1. The number of hydrogen-bond acceptors (Lipinski definition) is 4. The van der Waals surface area contributed by atoms with Crippen LogP contribution >= 0.6 is 0 Å². The van der Waals surface area contributed by atoms with Crippen molar-refractivity contribution in [3.05, 3.63) is 23.9 Å². The third kappa shape index (κ3) is 4.40. The van der Waals surface area contributed by atoms with Gasteiger partial charge in [0.1, 0.15) is 5.82 Å². The molecule has 5 nitrogen and oxygen atoms in total. The molecule has 0 bridgehead atoms. The molecule has 1 rings (SSSR count). The van der Waals surface area contributed by atoms with Gasteiger partial charge in [0.25, 0.3) is 0 Å². The minimum Gasteiger partial charge on any atom is -0.368 e. The van der Waals surface area contributed by atoms with Gasteiger partial charge in [-0.05, 0) is 18.1 Å². The number of primary amides is 1. The van der Waals surface area contributed by atoms with Gasteiger partial charge in [0.2, 0.25) is 5.91 Å². The monoisotopic (exact) mass is 236 g/mol. The summed E-state index contributed by atoms with van der Waals surface area (Å²) in [6.45, 7) is 5.48. The van der Waals surface area contributed by atoms with Crippen LogP contribution in [-0.2, 0) is 11.3 Å². The van der Waals surface area contributed by atoms with Crippen LogP contribution in [0, 0.1) is 5.92 Å². The predicted molar refractivity (Wildman–Crippen MR) is 68.4 cm³/mol. The van der Waals surface area contributed by atoms with Gasteiger partial charge in [-0.2, -0.15) is 0 Å². The van der Waals surface area contributed by atoms with Crippen molar-refractivity contribution < 1.29 is 4.79 Å². The highest BCUT2D eigenvalue weighted by molar-refractivity contribution is 5.79. The van der Waals surface area contributed by atoms with Gasteiger partial charge in [0, 0.05) is 13.1 Å². The molecule has 1 aromatic rings. The smallest absolute Gasteiger partial charge is 0.236 e. The van der Waals surface area contributed by atoms with Crippen molar-refractivity contribution in [2.24, 2.45) is 17.4 Å². The molecule has 0 aromatic carbocycles. The summed E-state index contributed by atoms with van der Waals surface area (Å²) in [5, 5.41) is 0. The van der Waals surface area contributed by atoms with Crippen LogP contribution in [-0.4, -0.2) is 24.0 Å². The van der Waals surface area contributed by atoms with Gasteiger partial charge in [0.05, 0.1) is 12.2 Å². The Balaban J connectivity index is 2.90. The maximum atomic E-state index is 11.0. The van der Waals surface area contributed by atoms with Crippen molar-refractivity contribution in [1.82, 2.24) is 4.98 Å². The lowest BCUT2D eigenvalue weighted by molar-refractivity contribution is -0.116. The lowest BCUT2D eigenvalue weighted by Gasteiger charge is -2.24. The van der Waals surface area contributed by atoms with E-state index < -0.39 is 0 Å². The van der Waals surface area contributed by atoms with Crippen molar-refractivity contribution in [2.75, 3.05) is 18.0 Å². The van der Waals surface area contributed by atoms with E-state index >= 15 is 0 Å². The average molecular weight is 236 g/mol. The highest BCUT2D eigenvalue weighted by Crippen LogP contribution is 2.13. The van der Waals surface area contributed by atoms with Gasteiger partial charge < -0.3 is 16.4 Å². The second-order valence-corrected chi connectivity index (χ2v) is 4.43. The van der Waals surface area contributed by atoms with Gasteiger partial charge in [-0.25, -0.2) is 4.98 Å². The van der Waals surface area contributed by atoms with Crippen molar-refractivity contribution in [2.45, 2.75) is 20.4 Å². The number of nitrogens with two attached hydrogens (primary N) is 2. The molecular weight excluding hydrogens is 216 g/mol. The van der Waals surface area contributed by atoms with Gasteiger partial charge in [-0.15, -0.1) is 0 Å². The Morgan fingerprint density at radius 1 is 1.47 bits per heavy atom. The summed E-state index contributed by atoms with van der Waals surface area (Å²) in [5.41, 5.74) is 11.6. The topological polar surface area (TPSA) is 85.2 Å². The maximum Gasteiger partial charge on any atom is 0.236 e. The molecule has 1 aromatic heterocycles. The van der Waals surface area contributed by atoms with Gasteiger partial charge >= 0.3 is 0 Å². The average Bonchev–Trinajstić information content (AvgIpc) is 2.27. The zero-order chi connectivity index (χ0) is 12.8. The predicted octanol–water partition coefficient (Wildman–Crippen LogP) is 0.488. The Morgan fingerprint density at radius 3 is 2.71 bits per heavy atom. The molecule has 0 fully saturated rings. The van der Waals surface area contributed by atoms with E-state index in [1.54, 1.807) is 0 Å². The molecule has 94 valence electrons. The summed E-state index contributed by atoms with van der Waals surface area (Å²) >= 11 is 0. The fourth-order valence-electron chi connectivity index (χ4n) is 1.62. The highest BCUT2D eigenvalue weighted by Gasteiger charge is 2.12. The lowest BCUT2D eigenvalue weighted by Crippen LogP contribution is -2.36. The fourth-order valence-corrected chi connectivity index (χ4v) is 1.62. The largest absolute Gasteiger partial charge is 0.368 e. The van der Waals surface area contributed by atoms with Gasteiger partial charge in [-0.1, -0.05) is 19.9 Å². The summed E-state index contributed by atoms with van der Waals surface area (Å²) in [4.78, 5) is 17.3. The normalized spacial score (nSPS) is 10.6. The minimum atomic E-state index is -0.356. The van der Waals surface area contributed by atoms with Crippen LogP contribution in [0.25, 0.3) is 0 Å².